The molecule has 2 aromatic heterocycles. The van der Waals surface area contributed by atoms with E-state index < -0.39 is 9.84 Å². The molecule has 1 aliphatic heterocycles. The van der Waals surface area contributed by atoms with Gasteiger partial charge >= 0.3 is 0 Å². The molecule has 0 radical (unpaired) electrons. The number of nitrogens with zero attached hydrogens (tertiary/aromatic N) is 6. The number of hydrogen-bond acceptors (Lipinski definition) is 6. The summed E-state index contributed by atoms with van der Waals surface area (Å²) >= 11 is 0. The Morgan fingerprint density at radius 2 is 1.10 bits per heavy atom. The first-order chi connectivity index (χ1) is 24.0. The quantitative estimate of drug-likeness (QED) is 0.176. The summed E-state index contributed by atoms with van der Waals surface area (Å²) in [6, 6.07) is 45.3. The van der Waals surface area contributed by atoms with Crippen molar-refractivity contribution in [3.8, 4) is 28.7 Å². The lowest BCUT2D eigenvalue weighted by Crippen LogP contribution is -2.22. The number of aromatic nitrogens is 4. The predicted molar refractivity (Wildman–Crippen MR) is 191 cm³/mol. The van der Waals surface area contributed by atoms with Gasteiger partial charge in [0.2, 0.25) is 15.8 Å². The molecule has 0 saturated heterocycles. The Morgan fingerprint density at radius 3 is 1.73 bits per heavy atom. The summed E-state index contributed by atoms with van der Waals surface area (Å²) < 4.78 is 29.7. The molecular formula is C40H24N6O2S. The van der Waals surface area contributed by atoms with E-state index in [2.05, 4.69) is 17.0 Å². The van der Waals surface area contributed by atoms with Crippen LogP contribution in [0.3, 0.4) is 0 Å². The second-order valence-corrected chi connectivity index (χ2v) is 13.5. The Labute approximate surface area is 282 Å². The van der Waals surface area contributed by atoms with Crippen molar-refractivity contribution in [1.82, 2.24) is 19.5 Å². The van der Waals surface area contributed by atoms with E-state index in [9.17, 15) is 8.42 Å². The van der Waals surface area contributed by atoms with Gasteiger partial charge in [-0.15, -0.1) is 0 Å². The summed E-state index contributed by atoms with van der Waals surface area (Å²) in [5.74, 6) is 1.22. The fourth-order valence-corrected chi connectivity index (χ4v) is 8.27. The van der Waals surface area contributed by atoms with Crippen molar-refractivity contribution in [1.29, 1.82) is 0 Å². The maximum atomic E-state index is 13.8. The molecule has 0 N–H and O–H groups in total. The summed E-state index contributed by atoms with van der Waals surface area (Å²) in [5, 5.41) is 2.14. The fraction of sp³-hybridized carbons (Fsp3) is 0. The minimum absolute atomic E-state index is 0.195. The van der Waals surface area contributed by atoms with Gasteiger partial charge in [0, 0.05) is 21.9 Å². The highest BCUT2D eigenvalue weighted by Gasteiger charge is 2.35. The zero-order chi connectivity index (χ0) is 33.1. The highest BCUT2D eigenvalue weighted by atomic mass is 32.2. The van der Waals surface area contributed by atoms with Gasteiger partial charge in [-0.1, -0.05) is 97.1 Å². The van der Waals surface area contributed by atoms with Gasteiger partial charge in [0.05, 0.1) is 44.5 Å². The zero-order valence-electron chi connectivity index (χ0n) is 25.8. The van der Waals surface area contributed by atoms with Crippen molar-refractivity contribution in [3.63, 3.8) is 0 Å². The van der Waals surface area contributed by atoms with Crippen LogP contribution in [0.25, 0.3) is 55.4 Å². The van der Waals surface area contributed by atoms with E-state index in [0.29, 0.717) is 45.9 Å². The van der Waals surface area contributed by atoms with E-state index >= 15 is 0 Å². The Kier molecular flexibility index (Phi) is 6.40. The number of anilines is 3. The molecule has 8 aromatic rings. The van der Waals surface area contributed by atoms with Gasteiger partial charge in [0.1, 0.15) is 0 Å². The van der Waals surface area contributed by atoms with Gasteiger partial charge in [-0.2, -0.15) is 9.97 Å². The van der Waals surface area contributed by atoms with Gasteiger partial charge in [-0.25, -0.2) is 18.2 Å². The van der Waals surface area contributed by atoms with Gasteiger partial charge in [-0.3, -0.25) is 4.57 Å². The van der Waals surface area contributed by atoms with Crippen molar-refractivity contribution >= 4 is 54.4 Å². The molecule has 9 rings (SSSR count). The Hall–Kier alpha value is -6.63. The monoisotopic (exact) mass is 652 g/mol. The van der Waals surface area contributed by atoms with Crippen molar-refractivity contribution in [2.45, 2.75) is 9.79 Å². The molecule has 3 heterocycles. The number of rotatable bonds is 4. The average molecular weight is 653 g/mol. The smallest absolute Gasteiger partial charge is 0.238 e. The Bertz CT molecular complexity index is 2660. The zero-order valence-corrected chi connectivity index (χ0v) is 26.6. The van der Waals surface area contributed by atoms with Gasteiger partial charge in [0.25, 0.3) is 0 Å². The SMILES string of the molecule is [C-]#[N+]c1ccc(N2c3ccccc3S(=O)(=O)c3ccccc32)c(-c2nc(-c3ccccc3)nc(-n3c4ccccc4c4ccccc43)n2)c1. The minimum Gasteiger partial charge on any atom is -0.307 e. The van der Waals surface area contributed by atoms with Crippen molar-refractivity contribution in [2.75, 3.05) is 4.90 Å². The molecule has 0 bridgehead atoms. The first kappa shape index (κ1) is 28.6. The van der Waals surface area contributed by atoms with Crippen LogP contribution in [-0.2, 0) is 9.84 Å². The van der Waals surface area contributed by atoms with Crippen molar-refractivity contribution in [3.05, 3.63) is 157 Å². The second-order valence-electron chi connectivity index (χ2n) is 11.6. The lowest BCUT2D eigenvalue weighted by Gasteiger charge is -2.34. The summed E-state index contributed by atoms with van der Waals surface area (Å²) in [7, 11) is -3.79. The third kappa shape index (κ3) is 4.43. The molecule has 8 nitrogen and oxygen atoms in total. The molecule has 0 unspecified atom stereocenters. The van der Waals surface area contributed by atoms with Crippen LogP contribution in [0.15, 0.2) is 155 Å². The third-order valence-electron chi connectivity index (χ3n) is 8.82. The lowest BCUT2D eigenvalue weighted by atomic mass is 10.1. The van der Waals surface area contributed by atoms with Crippen molar-refractivity contribution in [2.24, 2.45) is 0 Å². The van der Waals surface area contributed by atoms with E-state index in [0.717, 1.165) is 27.4 Å². The van der Waals surface area contributed by atoms with Crippen LogP contribution < -0.4 is 4.90 Å². The maximum Gasteiger partial charge on any atom is 0.238 e. The van der Waals surface area contributed by atoms with Crippen LogP contribution >= 0.6 is 0 Å². The summed E-state index contributed by atoms with van der Waals surface area (Å²) in [4.78, 5) is 21.3. The lowest BCUT2D eigenvalue weighted by molar-refractivity contribution is 0.595. The van der Waals surface area contributed by atoms with Crippen LogP contribution in [-0.4, -0.2) is 27.9 Å². The first-order valence-electron chi connectivity index (χ1n) is 15.6. The number of hydrogen-bond donors (Lipinski definition) is 0. The van der Waals surface area contributed by atoms with Crippen LogP contribution in [0.4, 0.5) is 22.7 Å². The Morgan fingerprint density at radius 1 is 0.551 bits per heavy atom. The van der Waals surface area contributed by atoms with Gasteiger partial charge in [0.15, 0.2) is 17.3 Å². The average Bonchev–Trinajstić information content (AvgIpc) is 3.50. The molecule has 0 saturated carbocycles. The number of para-hydroxylation sites is 4. The number of fused-ring (bicyclic) bond motifs is 5. The summed E-state index contributed by atoms with van der Waals surface area (Å²) in [5.41, 5.74) is 5.26. The molecule has 0 fully saturated rings. The van der Waals surface area contributed by atoms with Crippen LogP contribution in [0.1, 0.15) is 0 Å². The molecule has 232 valence electrons. The van der Waals surface area contributed by atoms with Crippen LogP contribution in [0.5, 0.6) is 0 Å². The highest BCUT2D eigenvalue weighted by molar-refractivity contribution is 7.92. The van der Waals surface area contributed by atoms with Gasteiger partial charge in [-0.05, 0) is 48.5 Å². The highest BCUT2D eigenvalue weighted by Crippen LogP contribution is 2.50. The number of sulfone groups is 1. The van der Waals surface area contributed by atoms with Gasteiger partial charge < -0.3 is 4.90 Å². The summed E-state index contributed by atoms with van der Waals surface area (Å²) in [6.45, 7) is 7.89. The molecular weight excluding hydrogens is 629 g/mol. The molecule has 0 amide bonds. The van der Waals surface area contributed by atoms with Crippen LogP contribution in [0, 0.1) is 6.57 Å². The standard InChI is InChI=1S/C40H24N6O2S/c1-41-27-23-24-33(45-34-19-9-11-21-36(34)49(47,48)37-22-12-10-20-35(37)45)30(25-27)39-42-38(26-13-3-2-4-14-26)43-40(44-39)46-31-17-7-5-15-28(31)29-16-6-8-18-32(29)46/h2-25H. The van der Waals surface area contributed by atoms with E-state index in [1.165, 1.54) is 0 Å². The molecule has 0 atom stereocenters. The third-order valence-corrected chi connectivity index (χ3v) is 10.7. The molecule has 1 aliphatic rings. The molecule has 49 heavy (non-hydrogen) atoms. The van der Waals surface area contributed by atoms with E-state index in [1.54, 1.807) is 48.5 Å². The second kappa shape index (κ2) is 11.0. The topological polar surface area (TPSA) is 85.3 Å². The maximum absolute atomic E-state index is 13.8. The molecule has 9 heteroatoms. The molecule has 6 aromatic carbocycles. The Balaban J connectivity index is 1.37. The van der Waals surface area contributed by atoms with E-state index in [-0.39, 0.29) is 9.79 Å². The van der Waals surface area contributed by atoms with Crippen LogP contribution in [0.2, 0.25) is 0 Å². The normalized spacial score (nSPS) is 13.2. The van der Waals surface area contributed by atoms with E-state index in [1.807, 2.05) is 94.4 Å². The van der Waals surface area contributed by atoms with E-state index in [4.69, 9.17) is 21.5 Å². The van der Waals surface area contributed by atoms with Crippen molar-refractivity contribution < 1.29 is 8.42 Å². The number of benzene rings is 6. The first-order valence-corrected chi connectivity index (χ1v) is 17.1. The fourth-order valence-electron chi connectivity index (χ4n) is 6.65. The minimum atomic E-state index is -3.79. The predicted octanol–water partition coefficient (Wildman–Crippen LogP) is 9.47. The molecule has 0 aliphatic carbocycles. The summed E-state index contributed by atoms with van der Waals surface area (Å²) in [6.07, 6.45) is 0. The molecule has 0 spiro atoms. The largest absolute Gasteiger partial charge is 0.307 e.